The third kappa shape index (κ3) is 1.95. The van der Waals surface area contributed by atoms with Gasteiger partial charge in [0, 0.05) is 13.0 Å². The average Bonchev–Trinajstić information content (AvgIpc) is 2.84. The quantitative estimate of drug-likeness (QED) is 0.745. The molecule has 0 spiro atoms. The SMILES string of the molecule is CCc1nc2c(=O)[nH][nH]c(=O)c2n1Cc1ccccc1. The van der Waals surface area contributed by atoms with E-state index in [9.17, 15) is 9.59 Å². The smallest absolute Gasteiger partial charge is 0.290 e. The van der Waals surface area contributed by atoms with Gasteiger partial charge in [-0.1, -0.05) is 37.3 Å². The largest absolute Gasteiger partial charge is 0.319 e. The predicted molar refractivity (Wildman–Crippen MR) is 75.9 cm³/mol. The molecule has 3 aromatic rings. The summed E-state index contributed by atoms with van der Waals surface area (Å²) in [6.07, 6.45) is 0.653. The van der Waals surface area contributed by atoms with Crippen LogP contribution >= 0.6 is 0 Å². The van der Waals surface area contributed by atoms with E-state index < -0.39 is 0 Å². The molecule has 0 aliphatic carbocycles. The van der Waals surface area contributed by atoms with Crippen molar-refractivity contribution in [3.8, 4) is 0 Å². The zero-order valence-corrected chi connectivity index (χ0v) is 11.0. The highest BCUT2D eigenvalue weighted by atomic mass is 16.1. The van der Waals surface area contributed by atoms with Crippen LogP contribution in [0.25, 0.3) is 11.0 Å². The van der Waals surface area contributed by atoms with Crippen molar-refractivity contribution < 1.29 is 0 Å². The lowest BCUT2D eigenvalue weighted by atomic mass is 10.2. The number of nitrogens with one attached hydrogen (secondary N) is 2. The van der Waals surface area contributed by atoms with Crippen molar-refractivity contribution in [3.63, 3.8) is 0 Å². The fourth-order valence-corrected chi connectivity index (χ4v) is 2.33. The topological polar surface area (TPSA) is 83.5 Å². The summed E-state index contributed by atoms with van der Waals surface area (Å²) in [4.78, 5) is 28.0. The molecule has 6 nitrogen and oxygen atoms in total. The van der Waals surface area contributed by atoms with E-state index in [1.807, 2.05) is 37.3 Å². The molecule has 0 aliphatic heterocycles. The lowest BCUT2D eigenvalue weighted by molar-refractivity contribution is 0.749. The first-order valence-electron chi connectivity index (χ1n) is 6.44. The van der Waals surface area contributed by atoms with Crippen molar-refractivity contribution in [2.45, 2.75) is 19.9 Å². The Morgan fingerprint density at radius 2 is 1.80 bits per heavy atom. The Morgan fingerprint density at radius 1 is 1.10 bits per heavy atom. The van der Waals surface area contributed by atoms with E-state index in [0.29, 0.717) is 18.5 Å². The molecule has 2 heterocycles. The molecular formula is C14H14N4O2. The maximum Gasteiger partial charge on any atom is 0.290 e. The Labute approximate surface area is 114 Å². The van der Waals surface area contributed by atoms with Crippen molar-refractivity contribution >= 4 is 11.0 Å². The number of hydrogen-bond acceptors (Lipinski definition) is 3. The predicted octanol–water partition coefficient (Wildman–Crippen LogP) is 1.02. The van der Waals surface area contributed by atoms with Gasteiger partial charge in [-0.2, -0.15) is 0 Å². The highest BCUT2D eigenvalue weighted by Gasteiger charge is 2.15. The number of rotatable bonds is 3. The number of nitrogens with zero attached hydrogens (tertiary/aromatic N) is 2. The van der Waals surface area contributed by atoms with Gasteiger partial charge in [-0.15, -0.1) is 0 Å². The molecule has 3 rings (SSSR count). The third-order valence-corrected chi connectivity index (χ3v) is 3.27. The Morgan fingerprint density at radius 3 is 2.50 bits per heavy atom. The number of benzene rings is 1. The molecule has 2 aromatic heterocycles. The number of H-pyrrole nitrogens is 2. The van der Waals surface area contributed by atoms with Crippen LogP contribution in [0.5, 0.6) is 0 Å². The van der Waals surface area contributed by atoms with Crippen LogP contribution in [0.4, 0.5) is 0 Å². The number of aromatic amines is 2. The maximum atomic E-state index is 12.0. The molecule has 0 aliphatic rings. The lowest BCUT2D eigenvalue weighted by Gasteiger charge is -2.07. The minimum Gasteiger partial charge on any atom is -0.319 e. The molecule has 0 atom stereocenters. The summed E-state index contributed by atoms with van der Waals surface area (Å²) in [7, 11) is 0. The molecule has 0 saturated heterocycles. The Kier molecular flexibility index (Phi) is 2.98. The Balaban J connectivity index is 2.26. The van der Waals surface area contributed by atoms with Gasteiger partial charge in [0.1, 0.15) is 11.3 Å². The van der Waals surface area contributed by atoms with Crippen LogP contribution in [0.3, 0.4) is 0 Å². The first-order valence-corrected chi connectivity index (χ1v) is 6.44. The van der Waals surface area contributed by atoms with Crippen LogP contribution in [-0.2, 0) is 13.0 Å². The fourth-order valence-electron chi connectivity index (χ4n) is 2.33. The monoisotopic (exact) mass is 270 g/mol. The number of imidazole rings is 1. The summed E-state index contributed by atoms with van der Waals surface area (Å²) in [5.74, 6) is 0.728. The van der Waals surface area contributed by atoms with Crippen LogP contribution in [0.1, 0.15) is 18.3 Å². The zero-order chi connectivity index (χ0) is 14.1. The summed E-state index contributed by atoms with van der Waals surface area (Å²) in [5, 5.41) is 4.65. The molecule has 1 aromatic carbocycles. The normalized spacial score (nSPS) is 11.1. The van der Waals surface area contributed by atoms with E-state index in [2.05, 4.69) is 15.2 Å². The minimum absolute atomic E-state index is 0.196. The highest BCUT2D eigenvalue weighted by Crippen LogP contribution is 2.12. The van der Waals surface area contributed by atoms with Gasteiger partial charge in [0.25, 0.3) is 11.1 Å². The number of fused-ring (bicyclic) bond motifs is 1. The summed E-state index contributed by atoms with van der Waals surface area (Å²) in [6, 6.07) is 9.78. The van der Waals surface area contributed by atoms with Gasteiger partial charge in [0.15, 0.2) is 5.52 Å². The maximum absolute atomic E-state index is 12.0. The zero-order valence-electron chi connectivity index (χ0n) is 11.0. The van der Waals surface area contributed by atoms with E-state index in [0.717, 1.165) is 11.4 Å². The average molecular weight is 270 g/mol. The molecule has 6 heteroatoms. The van der Waals surface area contributed by atoms with E-state index in [1.54, 1.807) is 4.57 Å². The van der Waals surface area contributed by atoms with Crippen molar-refractivity contribution in [1.29, 1.82) is 0 Å². The molecule has 102 valence electrons. The molecule has 20 heavy (non-hydrogen) atoms. The van der Waals surface area contributed by atoms with Gasteiger partial charge in [-0.3, -0.25) is 19.8 Å². The molecule has 0 fully saturated rings. The van der Waals surface area contributed by atoms with Crippen LogP contribution in [-0.4, -0.2) is 19.7 Å². The van der Waals surface area contributed by atoms with Gasteiger partial charge < -0.3 is 4.57 Å². The van der Waals surface area contributed by atoms with Gasteiger partial charge >= 0.3 is 0 Å². The van der Waals surface area contributed by atoms with Crippen LogP contribution < -0.4 is 11.1 Å². The van der Waals surface area contributed by atoms with Gasteiger partial charge in [-0.05, 0) is 5.56 Å². The number of aryl methyl sites for hydroxylation is 1. The second-order valence-electron chi connectivity index (χ2n) is 4.56. The third-order valence-electron chi connectivity index (χ3n) is 3.27. The van der Waals surface area contributed by atoms with E-state index in [4.69, 9.17) is 0 Å². The minimum atomic E-state index is -0.374. The van der Waals surface area contributed by atoms with Crippen molar-refractivity contribution in [2.24, 2.45) is 0 Å². The number of hydrogen-bond donors (Lipinski definition) is 2. The Hall–Kier alpha value is -2.63. The second kappa shape index (κ2) is 4.80. The lowest BCUT2D eigenvalue weighted by Crippen LogP contribution is -2.21. The van der Waals surface area contributed by atoms with Crippen LogP contribution in [0, 0.1) is 0 Å². The van der Waals surface area contributed by atoms with Gasteiger partial charge in [0.2, 0.25) is 0 Å². The second-order valence-corrected chi connectivity index (χ2v) is 4.56. The van der Waals surface area contributed by atoms with Gasteiger partial charge in [0.05, 0.1) is 0 Å². The molecule has 2 N–H and O–H groups in total. The van der Waals surface area contributed by atoms with Crippen LogP contribution in [0.15, 0.2) is 39.9 Å². The van der Waals surface area contributed by atoms with E-state index in [1.165, 1.54) is 0 Å². The summed E-state index contributed by atoms with van der Waals surface area (Å²) >= 11 is 0. The van der Waals surface area contributed by atoms with E-state index in [-0.39, 0.29) is 16.6 Å². The van der Waals surface area contributed by atoms with Crippen molar-refractivity contribution in [1.82, 2.24) is 19.7 Å². The first kappa shape index (κ1) is 12.4. The van der Waals surface area contributed by atoms with E-state index >= 15 is 0 Å². The molecule has 0 amide bonds. The molecular weight excluding hydrogens is 256 g/mol. The highest BCUT2D eigenvalue weighted by molar-refractivity contribution is 5.73. The molecule has 0 radical (unpaired) electrons. The first-order chi connectivity index (χ1) is 9.70. The summed E-state index contributed by atoms with van der Waals surface area (Å²) in [5.41, 5.74) is 0.876. The molecule has 0 bridgehead atoms. The summed E-state index contributed by atoms with van der Waals surface area (Å²) < 4.78 is 1.80. The molecule has 0 unspecified atom stereocenters. The fraction of sp³-hybridized carbons (Fsp3) is 0.214. The molecule has 0 saturated carbocycles. The van der Waals surface area contributed by atoms with Crippen LogP contribution in [0.2, 0.25) is 0 Å². The Bertz CT molecular complexity index is 858. The van der Waals surface area contributed by atoms with Gasteiger partial charge in [-0.25, -0.2) is 4.98 Å². The number of aromatic nitrogens is 4. The van der Waals surface area contributed by atoms with Crippen molar-refractivity contribution in [2.75, 3.05) is 0 Å². The standard InChI is InChI=1S/C14H14N4O2/c1-2-10-15-11-12(14(20)17-16-13(11)19)18(10)8-9-6-4-3-5-7-9/h3-7H,2,8H2,1H3,(H,16,19)(H,17,20). The summed E-state index contributed by atoms with van der Waals surface area (Å²) in [6.45, 7) is 2.47. The van der Waals surface area contributed by atoms with Crippen molar-refractivity contribution in [3.05, 3.63) is 62.4 Å².